The van der Waals surface area contributed by atoms with Gasteiger partial charge in [0.05, 0.1) is 6.42 Å². The summed E-state index contributed by atoms with van der Waals surface area (Å²) in [5, 5.41) is 11.9. The van der Waals surface area contributed by atoms with Crippen LogP contribution < -0.4 is 5.32 Å². The molecule has 0 amide bonds. The average Bonchev–Trinajstić information content (AvgIpc) is 2.09. The van der Waals surface area contributed by atoms with Crippen molar-refractivity contribution >= 4 is 11.7 Å². The van der Waals surface area contributed by atoms with Gasteiger partial charge in [-0.1, -0.05) is 17.7 Å². The van der Waals surface area contributed by atoms with Gasteiger partial charge < -0.3 is 10.4 Å². The van der Waals surface area contributed by atoms with Crippen LogP contribution in [0.3, 0.4) is 0 Å². The maximum atomic E-state index is 10.6. The van der Waals surface area contributed by atoms with Crippen LogP contribution in [0.25, 0.3) is 0 Å². The summed E-state index contributed by atoms with van der Waals surface area (Å²) in [5.41, 5.74) is 2.85. The molecule has 14 heavy (non-hydrogen) atoms. The Kier molecular flexibility index (Phi) is 3.51. The normalized spacial score (nSPS) is 9.86. The lowest BCUT2D eigenvalue weighted by Gasteiger charge is -2.09. The summed E-state index contributed by atoms with van der Waals surface area (Å²) in [6.45, 7) is 4.75. The molecule has 0 aliphatic heterocycles. The zero-order chi connectivity index (χ0) is 10.6. The van der Waals surface area contributed by atoms with Crippen molar-refractivity contribution in [2.75, 3.05) is 11.9 Å². The molecule has 0 atom stereocenters. The first-order chi connectivity index (χ1) is 6.63. The van der Waals surface area contributed by atoms with Crippen LogP contribution in [0.1, 0.15) is 18.1 Å². The predicted molar refractivity (Wildman–Crippen MR) is 56.7 cm³/mol. The zero-order valence-corrected chi connectivity index (χ0v) is 8.50. The van der Waals surface area contributed by atoms with E-state index in [-0.39, 0.29) is 6.42 Å². The SMILES string of the molecule is CCNc1ccc(C)cc1CC(=O)O. The summed E-state index contributed by atoms with van der Waals surface area (Å²) in [6, 6.07) is 5.81. The Morgan fingerprint density at radius 2 is 2.21 bits per heavy atom. The molecule has 0 aliphatic rings. The molecule has 1 aromatic carbocycles. The van der Waals surface area contributed by atoms with E-state index in [9.17, 15) is 4.79 Å². The van der Waals surface area contributed by atoms with Crippen LogP contribution in [0.15, 0.2) is 18.2 Å². The van der Waals surface area contributed by atoms with E-state index in [2.05, 4.69) is 5.32 Å². The van der Waals surface area contributed by atoms with Gasteiger partial charge in [-0.15, -0.1) is 0 Å². The quantitative estimate of drug-likeness (QED) is 0.769. The second-order valence-electron chi connectivity index (χ2n) is 3.26. The molecule has 0 unspecified atom stereocenters. The zero-order valence-electron chi connectivity index (χ0n) is 8.50. The van der Waals surface area contributed by atoms with E-state index in [1.807, 2.05) is 32.0 Å². The molecule has 1 rings (SSSR count). The highest BCUT2D eigenvalue weighted by Gasteiger charge is 2.05. The van der Waals surface area contributed by atoms with E-state index in [1.54, 1.807) is 0 Å². The number of carboxylic acid groups (broad SMARTS) is 1. The van der Waals surface area contributed by atoms with Crippen LogP contribution in [-0.2, 0) is 11.2 Å². The predicted octanol–water partition coefficient (Wildman–Crippen LogP) is 2.05. The van der Waals surface area contributed by atoms with E-state index in [0.29, 0.717) is 0 Å². The molecule has 0 saturated heterocycles. The van der Waals surface area contributed by atoms with Gasteiger partial charge in [-0.25, -0.2) is 0 Å². The standard InChI is InChI=1S/C11H15NO2/c1-3-12-10-5-4-8(2)6-9(10)7-11(13)14/h4-6,12H,3,7H2,1-2H3,(H,13,14). The second-order valence-corrected chi connectivity index (χ2v) is 3.26. The van der Waals surface area contributed by atoms with Crippen molar-refractivity contribution in [1.29, 1.82) is 0 Å². The highest BCUT2D eigenvalue weighted by molar-refractivity contribution is 5.73. The minimum absolute atomic E-state index is 0.0734. The molecule has 0 heterocycles. The van der Waals surface area contributed by atoms with E-state index in [1.165, 1.54) is 0 Å². The average molecular weight is 193 g/mol. The van der Waals surface area contributed by atoms with Gasteiger partial charge >= 0.3 is 5.97 Å². The fourth-order valence-electron chi connectivity index (χ4n) is 1.39. The van der Waals surface area contributed by atoms with Crippen molar-refractivity contribution in [3.63, 3.8) is 0 Å². The van der Waals surface area contributed by atoms with Crippen LogP contribution in [0.2, 0.25) is 0 Å². The second kappa shape index (κ2) is 4.65. The minimum Gasteiger partial charge on any atom is -0.481 e. The summed E-state index contributed by atoms with van der Waals surface area (Å²) in [4.78, 5) is 10.6. The van der Waals surface area contributed by atoms with Gasteiger partial charge in [-0.2, -0.15) is 0 Å². The molecular formula is C11H15NO2. The lowest BCUT2D eigenvalue weighted by molar-refractivity contribution is -0.136. The maximum Gasteiger partial charge on any atom is 0.307 e. The molecular weight excluding hydrogens is 178 g/mol. The summed E-state index contributed by atoms with van der Waals surface area (Å²) in [6.07, 6.45) is 0.0734. The molecule has 0 aliphatic carbocycles. The molecule has 1 aromatic rings. The minimum atomic E-state index is -0.797. The third-order valence-corrected chi connectivity index (χ3v) is 1.97. The van der Waals surface area contributed by atoms with E-state index in [0.717, 1.165) is 23.4 Å². The monoisotopic (exact) mass is 193 g/mol. The Bertz CT molecular complexity index is 334. The van der Waals surface area contributed by atoms with Crippen LogP contribution in [0, 0.1) is 6.92 Å². The maximum absolute atomic E-state index is 10.6. The molecule has 0 bridgehead atoms. The first-order valence-corrected chi connectivity index (χ1v) is 4.68. The van der Waals surface area contributed by atoms with Gasteiger partial charge in [0.2, 0.25) is 0 Å². The summed E-state index contributed by atoms with van der Waals surface area (Å²) in [7, 11) is 0. The summed E-state index contributed by atoms with van der Waals surface area (Å²) < 4.78 is 0. The van der Waals surface area contributed by atoms with E-state index >= 15 is 0 Å². The van der Waals surface area contributed by atoms with Crippen molar-refractivity contribution in [3.05, 3.63) is 29.3 Å². The molecule has 0 radical (unpaired) electrons. The van der Waals surface area contributed by atoms with Crippen molar-refractivity contribution in [1.82, 2.24) is 0 Å². The number of nitrogens with one attached hydrogen (secondary N) is 1. The van der Waals surface area contributed by atoms with Crippen molar-refractivity contribution in [2.24, 2.45) is 0 Å². The topological polar surface area (TPSA) is 49.3 Å². The van der Waals surface area contributed by atoms with E-state index in [4.69, 9.17) is 5.11 Å². The number of hydrogen-bond acceptors (Lipinski definition) is 2. The highest BCUT2D eigenvalue weighted by Crippen LogP contribution is 2.17. The molecule has 3 nitrogen and oxygen atoms in total. The Labute approximate surface area is 83.8 Å². The Morgan fingerprint density at radius 1 is 1.50 bits per heavy atom. The molecule has 0 fully saturated rings. The smallest absolute Gasteiger partial charge is 0.307 e. The van der Waals surface area contributed by atoms with Crippen LogP contribution in [0.5, 0.6) is 0 Å². The number of aryl methyl sites for hydroxylation is 1. The fourth-order valence-corrected chi connectivity index (χ4v) is 1.39. The first kappa shape index (κ1) is 10.6. The first-order valence-electron chi connectivity index (χ1n) is 4.68. The third-order valence-electron chi connectivity index (χ3n) is 1.97. The molecule has 2 N–H and O–H groups in total. The molecule has 3 heteroatoms. The van der Waals surface area contributed by atoms with Crippen molar-refractivity contribution < 1.29 is 9.90 Å². The van der Waals surface area contributed by atoms with Gasteiger partial charge in [0.1, 0.15) is 0 Å². The van der Waals surface area contributed by atoms with Gasteiger partial charge in [0.25, 0.3) is 0 Å². The molecule has 0 spiro atoms. The lowest BCUT2D eigenvalue weighted by atomic mass is 10.1. The highest BCUT2D eigenvalue weighted by atomic mass is 16.4. The van der Waals surface area contributed by atoms with Gasteiger partial charge in [-0.3, -0.25) is 4.79 Å². The van der Waals surface area contributed by atoms with E-state index < -0.39 is 5.97 Å². The molecule has 0 aromatic heterocycles. The van der Waals surface area contributed by atoms with Gasteiger partial charge in [-0.05, 0) is 25.5 Å². The van der Waals surface area contributed by atoms with Crippen LogP contribution >= 0.6 is 0 Å². The lowest BCUT2D eigenvalue weighted by Crippen LogP contribution is -2.06. The number of hydrogen-bond donors (Lipinski definition) is 2. The largest absolute Gasteiger partial charge is 0.481 e. The van der Waals surface area contributed by atoms with Crippen molar-refractivity contribution in [2.45, 2.75) is 20.3 Å². The Morgan fingerprint density at radius 3 is 2.79 bits per heavy atom. The Balaban J connectivity index is 2.96. The molecule has 76 valence electrons. The number of rotatable bonds is 4. The fraction of sp³-hybridized carbons (Fsp3) is 0.364. The number of carboxylic acids is 1. The number of aliphatic carboxylic acids is 1. The Hall–Kier alpha value is -1.51. The molecule has 0 saturated carbocycles. The van der Waals surface area contributed by atoms with Crippen LogP contribution in [-0.4, -0.2) is 17.6 Å². The van der Waals surface area contributed by atoms with Crippen molar-refractivity contribution in [3.8, 4) is 0 Å². The third kappa shape index (κ3) is 2.76. The summed E-state index contributed by atoms with van der Waals surface area (Å²) >= 11 is 0. The van der Waals surface area contributed by atoms with Gasteiger partial charge in [0.15, 0.2) is 0 Å². The summed E-state index contributed by atoms with van der Waals surface area (Å²) in [5.74, 6) is -0.797. The number of carbonyl (C=O) groups is 1. The van der Waals surface area contributed by atoms with Gasteiger partial charge in [0, 0.05) is 12.2 Å². The van der Waals surface area contributed by atoms with Crippen LogP contribution in [0.4, 0.5) is 5.69 Å². The number of anilines is 1. The number of benzene rings is 1.